The van der Waals surface area contributed by atoms with Gasteiger partial charge < -0.3 is 10.8 Å². The third-order valence-electron chi connectivity index (χ3n) is 2.23. The van der Waals surface area contributed by atoms with Crippen LogP contribution in [-0.4, -0.2) is 11.1 Å². The summed E-state index contributed by atoms with van der Waals surface area (Å²) in [7, 11) is 0. The van der Waals surface area contributed by atoms with Crippen molar-refractivity contribution in [1.29, 1.82) is 0 Å². The number of rotatable bonds is 3. The molecule has 1 rings (SSSR count). The number of aryl methyl sites for hydroxylation is 2. The Bertz CT molecular complexity index is 352. The molecule has 0 fully saturated rings. The highest BCUT2D eigenvalue weighted by Gasteiger charge is 2.12. The summed E-state index contributed by atoms with van der Waals surface area (Å²) in [4.78, 5) is 10.5. The van der Waals surface area contributed by atoms with Crippen molar-refractivity contribution < 1.29 is 9.90 Å². The number of benzene rings is 1. The Labute approximate surface area is 95.7 Å². The van der Waals surface area contributed by atoms with Crippen molar-refractivity contribution in [1.82, 2.24) is 0 Å². The van der Waals surface area contributed by atoms with Crippen LogP contribution in [0.1, 0.15) is 29.2 Å². The molecule has 3 nitrogen and oxygen atoms in total. The summed E-state index contributed by atoms with van der Waals surface area (Å²) in [5, 5.41) is 8.63. The molecule has 0 aliphatic rings. The van der Waals surface area contributed by atoms with Crippen molar-refractivity contribution in [2.75, 3.05) is 0 Å². The van der Waals surface area contributed by atoms with Crippen LogP contribution in [0.25, 0.3) is 0 Å². The predicted octanol–water partition coefficient (Wildman–Crippen LogP) is 2.20. The molecule has 84 valence electrons. The number of carboxylic acid groups (broad SMARTS) is 1. The zero-order valence-electron chi connectivity index (χ0n) is 8.86. The Morgan fingerprint density at radius 2 is 2.07 bits per heavy atom. The molecule has 0 saturated heterocycles. The lowest BCUT2D eigenvalue weighted by molar-refractivity contribution is -0.137. The Morgan fingerprint density at radius 1 is 1.47 bits per heavy atom. The summed E-state index contributed by atoms with van der Waals surface area (Å²) in [6.07, 6.45) is -0.0235. The SMILES string of the molecule is Cc1ccc(C)c([C@H](N)CC(=O)O)c1.Cl. The van der Waals surface area contributed by atoms with Gasteiger partial charge in [-0.3, -0.25) is 4.79 Å². The number of nitrogens with two attached hydrogens (primary N) is 1. The molecule has 0 saturated carbocycles. The molecule has 0 spiro atoms. The minimum atomic E-state index is -0.863. The Kier molecular flexibility index (Phi) is 5.33. The maximum atomic E-state index is 10.5. The highest BCUT2D eigenvalue weighted by Crippen LogP contribution is 2.19. The van der Waals surface area contributed by atoms with E-state index in [0.29, 0.717) is 0 Å². The van der Waals surface area contributed by atoms with Gasteiger partial charge in [-0.2, -0.15) is 0 Å². The van der Waals surface area contributed by atoms with Gasteiger partial charge in [-0.05, 0) is 25.0 Å². The molecule has 0 radical (unpaired) electrons. The second kappa shape index (κ2) is 5.73. The van der Waals surface area contributed by atoms with Crippen molar-refractivity contribution >= 4 is 18.4 Å². The van der Waals surface area contributed by atoms with Gasteiger partial charge in [0, 0.05) is 6.04 Å². The summed E-state index contributed by atoms with van der Waals surface area (Å²) < 4.78 is 0. The van der Waals surface area contributed by atoms with E-state index in [4.69, 9.17) is 10.8 Å². The van der Waals surface area contributed by atoms with E-state index in [9.17, 15) is 4.79 Å². The normalized spacial score (nSPS) is 11.7. The fourth-order valence-electron chi connectivity index (χ4n) is 1.46. The number of aliphatic carboxylic acids is 1. The molecule has 15 heavy (non-hydrogen) atoms. The van der Waals surface area contributed by atoms with Crippen LogP contribution in [0, 0.1) is 13.8 Å². The van der Waals surface area contributed by atoms with E-state index in [1.165, 1.54) is 0 Å². The minimum Gasteiger partial charge on any atom is -0.481 e. The molecule has 0 heterocycles. The van der Waals surface area contributed by atoms with Crippen molar-refractivity contribution in [2.24, 2.45) is 5.73 Å². The maximum Gasteiger partial charge on any atom is 0.305 e. The summed E-state index contributed by atoms with van der Waals surface area (Å²) in [5.74, 6) is -0.863. The molecular weight excluding hydrogens is 214 g/mol. The van der Waals surface area contributed by atoms with Gasteiger partial charge in [0.05, 0.1) is 6.42 Å². The average Bonchev–Trinajstić information content (AvgIpc) is 2.08. The average molecular weight is 230 g/mol. The molecule has 0 bridgehead atoms. The van der Waals surface area contributed by atoms with Gasteiger partial charge in [0.1, 0.15) is 0 Å². The van der Waals surface area contributed by atoms with E-state index in [2.05, 4.69) is 0 Å². The molecule has 0 aliphatic carbocycles. The Balaban J connectivity index is 0.00000196. The molecule has 3 N–H and O–H groups in total. The fraction of sp³-hybridized carbons (Fsp3) is 0.364. The van der Waals surface area contributed by atoms with E-state index < -0.39 is 12.0 Å². The maximum absolute atomic E-state index is 10.5. The van der Waals surface area contributed by atoms with E-state index in [-0.39, 0.29) is 18.8 Å². The van der Waals surface area contributed by atoms with E-state index >= 15 is 0 Å². The minimum absolute atomic E-state index is 0. The molecule has 0 unspecified atom stereocenters. The molecule has 1 aromatic rings. The van der Waals surface area contributed by atoms with Gasteiger partial charge in [-0.15, -0.1) is 12.4 Å². The highest BCUT2D eigenvalue weighted by molar-refractivity contribution is 5.85. The molecule has 0 amide bonds. The Hall–Kier alpha value is -1.06. The summed E-state index contributed by atoms with van der Waals surface area (Å²) >= 11 is 0. The first kappa shape index (κ1) is 13.9. The van der Waals surface area contributed by atoms with Gasteiger partial charge in [-0.1, -0.05) is 23.8 Å². The second-order valence-electron chi connectivity index (χ2n) is 3.56. The first-order chi connectivity index (χ1) is 6.50. The first-order valence-corrected chi connectivity index (χ1v) is 4.55. The van der Waals surface area contributed by atoms with E-state index in [0.717, 1.165) is 16.7 Å². The third kappa shape index (κ3) is 3.90. The highest BCUT2D eigenvalue weighted by atomic mass is 35.5. The van der Waals surface area contributed by atoms with Gasteiger partial charge in [0.25, 0.3) is 0 Å². The Morgan fingerprint density at radius 3 is 2.60 bits per heavy atom. The molecule has 0 aliphatic heterocycles. The number of carboxylic acids is 1. The number of hydrogen-bond acceptors (Lipinski definition) is 2. The molecule has 1 aromatic carbocycles. The fourth-order valence-corrected chi connectivity index (χ4v) is 1.46. The van der Waals surface area contributed by atoms with Crippen molar-refractivity contribution in [2.45, 2.75) is 26.3 Å². The lowest BCUT2D eigenvalue weighted by Crippen LogP contribution is -2.16. The zero-order chi connectivity index (χ0) is 10.7. The molecule has 0 aromatic heterocycles. The molecule has 4 heteroatoms. The van der Waals surface area contributed by atoms with Crippen molar-refractivity contribution in [3.05, 3.63) is 34.9 Å². The van der Waals surface area contributed by atoms with Crippen molar-refractivity contribution in [3.63, 3.8) is 0 Å². The smallest absolute Gasteiger partial charge is 0.305 e. The molecule has 1 atom stereocenters. The van der Waals surface area contributed by atoms with Crippen LogP contribution in [0.15, 0.2) is 18.2 Å². The number of halogens is 1. The van der Waals surface area contributed by atoms with Crippen LogP contribution in [-0.2, 0) is 4.79 Å². The van der Waals surface area contributed by atoms with Gasteiger partial charge in [-0.25, -0.2) is 0 Å². The molecular formula is C11H16ClNO2. The van der Waals surface area contributed by atoms with Gasteiger partial charge in [0.15, 0.2) is 0 Å². The monoisotopic (exact) mass is 229 g/mol. The summed E-state index contributed by atoms with van der Waals surface area (Å²) in [6, 6.07) is 5.49. The van der Waals surface area contributed by atoms with Crippen LogP contribution in [0.2, 0.25) is 0 Å². The van der Waals surface area contributed by atoms with Crippen LogP contribution in [0.3, 0.4) is 0 Å². The van der Waals surface area contributed by atoms with Crippen LogP contribution in [0.5, 0.6) is 0 Å². The third-order valence-corrected chi connectivity index (χ3v) is 2.23. The first-order valence-electron chi connectivity index (χ1n) is 4.55. The quantitative estimate of drug-likeness (QED) is 0.835. The summed E-state index contributed by atoms with van der Waals surface area (Å²) in [6.45, 7) is 3.91. The summed E-state index contributed by atoms with van der Waals surface area (Å²) in [5.41, 5.74) is 8.86. The van der Waals surface area contributed by atoms with Crippen LogP contribution >= 0.6 is 12.4 Å². The van der Waals surface area contributed by atoms with Crippen LogP contribution in [0.4, 0.5) is 0 Å². The standard InChI is InChI=1S/C11H15NO2.ClH/c1-7-3-4-8(2)9(5-7)10(12)6-11(13)14;/h3-5,10H,6,12H2,1-2H3,(H,13,14);1H/t10-;/m1./s1. The number of hydrogen-bond donors (Lipinski definition) is 2. The predicted molar refractivity (Wildman–Crippen MR) is 62.3 cm³/mol. The van der Waals surface area contributed by atoms with Gasteiger partial charge >= 0.3 is 5.97 Å². The zero-order valence-corrected chi connectivity index (χ0v) is 9.67. The van der Waals surface area contributed by atoms with E-state index in [1.807, 2.05) is 32.0 Å². The van der Waals surface area contributed by atoms with Crippen molar-refractivity contribution in [3.8, 4) is 0 Å². The van der Waals surface area contributed by atoms with E-state index in [1.54, 1.807) is 0 Å². The lowest BCUT2D eigenvalue weighted by Gasteiger charge is -2.13. The van der Waals surface area contributed by atoms with Gasteiger partial charge in [0.2, 0.25) is 0 Å². The second-order valence-corrected chi connectivity index (χ2v) is 3.56. The lowest BCUT2D eigenvalue weighted by atomic mass is 9.97. The topological polar surface area (TPSA) is 63.3 Å². The largest absolute Gasteiger partial charge is 0.481 e. The number of carbonyl (C=O) groups is 1. The van der Waals surface area contributed by atoms with Crippen LogP contribution < -0.4 is 5.73 Å².